The number of hydrogen-bond donors (Lipinski definition) is 4. The Kier molecular flexibility index (Phi) is 8.86. The van der Waals surface area contributed by atoms with Gasteiger partial charge in [0.25, 0.3) is 0 Å². The van der Waals surface area contributed by atoms with Crippen molar-refractivity contribution in [3.63, 3.8) is 0 Å². The Hall–Kier alpha value is -2.05. The number of carboxylic acid groups (broad SMARTS) is 1. The Bertz CT molecular complexity index is 340. The average molecular weight is 271 g/mol. The third-order valence-electron chi connectivity index (χ3n) is 1.99. The lowest BCUT2D eigenvalue weighted by atomic mass is 10.2. The van der Waals surface area contributed by atoms with Gasteiger partial charge < -0.3 is 21.1 Å². The van der Waals surface area contributed by atoms with Gasteiger partial charge in [-0.3, -0.25) is 4.79 Å². The van der Waals surface area contributed by atoms with Gasteiger partial charge in [-0.25, -0.2) is 9.59 Å². The molecule has 0 spiro atoms. The van der Waals surface area contributed by atoms with Gasteiger partial charge in [-0.1, -0.05) is 19.9 Å². The van der Waals surface area contributed by atoms with Gasteiger partial charge in [0.1, 0.15) is 0 Å². The Balaban J connectivity index is 3.57. The summed E-state index contributed by atoms with van der Waals surface area (Å²) in [6.45, 7) is 4.97. The number of carbonyl (C=O) groups is 3. The van der Waals surface area contributed by atoms with E-state index in [1.807, 2.05) is 13.8 Å². The molecule has 0 rings (SSSR count). The van der Waals surface area contributed by atoms with Crippen molar-refractivity contribution in [1.29, 1.82) is 0 Å². The van der Waals surface area contributed by atoms with Gasteiger partial charge in [-0.2, -0.15) is 0 Å². The van der Waals surface area contributed by atoms with Gasteiger partial charge in [-0.15, -0.1) is 0 Å². The summed E-state index contributed by atoms with van der Waals surface area (Å²) in [6.07, 6.45) is 2.47. The topological polar surface area (TPSA) is 108 Å². The predicted octanol–water partition coefficient (Wildman–Crippen LogP) is 0.0887. The first kappa shape index (κ1) is 16.9. The molecule has 7 heteroatoms. The minimum atomic E-state index is -1.07. The van der Waals surface area contributed by atoms with Crippen LogP contribution in [0.2, 0.25) is 0 Å². The van der Waals surface area contributed by atoms with Gasteiger partial charge >= 0.3 is 12.0 Å². The first-order valence-corrected chi connectivity index (χ1v) is 6.09. The van der Waals surface area contributed by atoms with Gasteiger partial charge in [-0.05, 0) is 5.92 Å². The lowest BCUT2D eigenvalue weighted by Gasteiger charge is -2.08. The van der Waals surface area contributed by atoms with Gasteiger partial charge in [0.15, 0.2) is 0 Å². The molecule has 7 nitrogen and oxygen atoms in total. The molecule has 0 aromatic rings. The summed E-state index contributed by atoms with van der Waals surface area (Å²) < 4.78 is 0. The molecule has 0 radical (unpaired) electrons. The lowest BCUT2D eigenvalue weighted by molar-refractivity contribution is -0.131. The molecule has 0 unspecified atom stereocenters. The van der Waals surface area contributed by atoms with E-state index in [4.69, 9.17) is 5.11 Å². The van der Waals surface area contributed by atoms with Crippen LogP contribution >= 0.6 is 0 Å². The van der Waals surface area contributed by atoms with Crippen LogP contribution in [0.25, 0.3) is 0 Å². The summed E-state index contributed by atoms with van der Waals surface area (Å²) in [5.74, 6) is -0.787. The number of amides is 3. The zero-order valence-corrected chi connectivity index (χ0v) is 11.2. The largest absolute Gasteiger partial charge is 0.478 e. The summed E-state index contributed by atoms with van der Waals surface area (Å²) in [5.41, 5.74) is 0. The third-order valence-corrected chi connectivity index (χ3v) is 1.99. The lowest BCUT2D eigenvalue weighted by Crippen LogP contribution is -2.38. The van der Waals surface area contributed by atoms with Crippen LogP contribution in [0, 0.1) is 5.92 Å². The molecule has 0 aromatic heterocycles. The highest BCUT2D eigenvalue weighted by Crippen LogP contribution is 1.87. The number of hydrogen-bond acceptors (Lipinski definition) is 3. The Morgan fingerprint density at radius 3 is 2.42 bits per heavy atom. The van der Waals surface area contributed by atoms with Crippen LogP contribution in [0.1, 0.15) is 20.3 Å². The summed E-state index contributed by atoms with van der Waals surface area (Å²) in [6, 6.07) is -0.438. The number of nitrogens with one attached hydrogen (secondary N) is 3. The van der Waals surface area contributed by atoms with Crippen molar-refractivity contribution in [2.24, 2.45) is 5.92 Å². The quantitative estimate of drug-likeness (QED) is 0.469. The second-order valence-electron chi connectivity index (χ2n) is 4.33. The van der Waals surface area contributed by atoms with Crippen molar-refractivity contribution in [2.75, 3.05) is 19.6 Å². The number of urea groups is 1. The highest BCUT2D eigenvalue weighted by molar-refractivity contribution is 5.80. The number of carboxylic acids is 1. The maximum absolute atomic E-state index is 11.3. The van der Waals surface area contributed by atoms with Crippen LogP contribution in [0.5, 0.6) is 0 Å². The van der Waals surface area contributed by atoms with Gasteiger partial charge in [0.2, 0.25) is 5.91 Å². The van der Waals surface area contributed by atoms with E-state index in [1.165, 1.54) is 6.08 Å². The van der Waals surface area contributed by atoms with E-state index in [2.05, 4.69) is 16.0 Å². The second kappa shape index (κ2) is 9.93. The Morgan fingerprint density at radius 2 is 1.84 bits per heavy atom. The monoisotopic (exact) mass is 271 g/mol. The van der Waals surface area contributed by atoms with E-state index in [0.717, 1.165) is 6.08 Å². The Labute approximate surface area is 112 Å². The maximum atomic E-state index is 11.3. The van der Waals surface area contributed by atoms with Gasteiger partial charge in [0.05, 0.1) is 0 Å². The molecule has 19 heavy (non-hydrogen) atoms. The predicted molar refractivity (Wildman–Crippen MR) is 70.6 cm³/mol. The highest BCUT2D eigenvalue weighted by atomic mass is 16.4. The van der Waals surface area contributed by atoms with Crippen LogP contribution in [-0.4, -0.2) is 42.6 Å². The van der Waals surface area contributed by atoms with Crippen molar-refractivity contribution >= 4 is 17.9 Å². The molecule has 0 aliphatic heterocycles. The average Bonchev–Trinajstić information content (AvgIpc) is 2.32. The molecule has 0 aliphatic rings. The van der Waals surface area contributed by atoms with Crippen LogP contribution in [0.15, 0.2) is 12.2 Å². The summed E-state index contributed by atoms with van der Waals surface area (Å²) >= 11 is 0. The fourth-order valence-corrected chi connectivity index (χ4v) is 1.07. The fourth-order valence-electron chi connectivity index (χ4n) is 1.07. The minimum absolute atomic E-state index is 0.111. The maximum Gasteiger partial charge on any atom is 0.328 e. The SMILES string of the molecule is CC(C)CNC(=O)CCNC(=O)NC/C=C/C(=O)O. The molecule has 0 aliphatic carbocycles. The molecule has 108 valence electrons. The van der Waals surface area contributed by atoms with Crippen LogP contribution in [-0.2, 0) is 9.59 Å². The standard InChI is InChI=1S/C12H21N3O4/c1-9(2)8-15-10(16)5-7-14-12(19)13-6-3-4-11(17)18/h3-4,9H,5-8H2,1-2H3,(H,15,16)(H,17,18)(H2,13,14,19)/b4-3+. The smallest absolute Gasteiger partial charge is 0.328 e. The number of rotatable bonds is 8. The normalized spacial score (nSPS) is 10.5. The molecule has 0 bridgehead atoms. The molecule has 0 atom stereocenters. The summed E-state index contributed by atoms with van der Waals surface area (Å²) in [4.78, 5) is 32.6. The molecule has 0 saturated heterocycles. The number of carbonyl (C=O) groups excluding carboxylic acids is 2. The molecule has 3 amide bonds. The third kappa shape index (κ3) is 12.2. The van der Waals surface area contributed by atoms with E-state index in [-0.39, 0.29) is 25.4 Å². The van der Waals surface area contributed by atoms with Crippen molar-refractivity contribution in [2.45, 2.75) is 20.3 Å². The van der Waals surface area contributed by atoms with Crippen LogP contribution in [0.4, 0.5) is 4.79 Å². The summed E-state index contributed by atoms with van der Waals surface area (Å²) in [7, 11) is 0. The van der Waals surface area contributed by atoms with E-state index in [1.54, 1.807) is 0 Å². The van der Waals surface area contributed by atoms with Crippen LogP contribution in [0.3, 0.4) is 0 Å². The molecular formula is C12H21N3O4. The first-order chi connectivity index (χ1) is 8.91. The van der Waals surface area contributed by atoms with E-state index in [0.29, 0.717) is 12.5 Å². The van der Waals surface area contributed by atoms with Crippen molar-refractivity contribution < 1.29 is 19.5 Å². The molecule has 0 saturated carbocycles. The molecule has 0 aromatic carbocycles. The molecular weight excluding hydrogens is 250 g/mol. The highest BCUT2D eigenvalue weighted by Gasteiger charge is 2.03. The minimum Gasteiger partial charge on any atom is -0.478 e. The van der Waals surface area contributed by atoms with Crippen molar-refractivity contribution in [3.8, 4) is 0 Å². The van der Waals surface area contributed by atoms with Crippen LogP contribution < -0.4 is 16.0 Å². The molecule has 0 heterocycles. The first-order valence-electron chi connectivity index (χ1n) is 6.09. The van der Waals surface area contributed by atoms with Gasteiger partial charge in [0, 0.05) is 32.1 Å². The molecule has 4 N–H and O–H groups in total. The fraction of sp³-hybridized carbons (Fsp3) is 0.583. The van der Waals surface area contributed by atoms with Crippen molar-refractivity contribution in [1.82, 2.24) is 16.0 Å². The number of aliphatic carboxylic acids is 1. The van der Waals surface area contributed by atoms with Crippen molar-refractivity contribution in [3.05, 3.63) is 12.2 Å². The van der Waals surface area contributed by atoms with E-state index in [9.17, 15) is 14.4 Å². The van der Waals surface area contributed by atoms with E-state index >= 15 is 0 Å². The summed E-state index contributed by atoms with van der Waals surface area (Å²) in [5, 5.41) is 16.0. The Morgan fingerprint density at radius 1 is 1.16 bits per heavy atom. The zero-order chi connectivity index (χ0) is 14.7. The zero-order valence-electron chi connectivity index (χ0n) is 11.2. The molecule has 0 fully saturated rings. The second-order valence-corrected chi connectivity index (χ2v) is 4.33. The van der Waals surface area contributed by atoms with E-state index < -0.39 is 12.0 Å².